The van der Waals surface area contributed by atoms with E-state index in [1.165, 1.54) is 16.7 Å². The molecule has 1 aromatic carbocycles. The minimum Gasteiger partial charge on any atom is -0.287 e. The zero-order valence-electron chi connectivity index (χ0n) is 7.10. The van der Waals surface area contributed by atoms with Crippen molar-refractivity contribution in [2.75, 3.05) is 5.75 Å². The van der Waals surface area contributed by atoms with Gasteiger partial charge in [-0.2, -0.15) is 0 Å². The number of thioether (sulfide) groups is 2. The molecule has 1 unspecified atom stereocenters. The SMILES string of the molecule is O=C1CC(Sc2ccccc2)CS1. The summed E-state index contributed by atoms with van der Waals surface area (Å²) in [6.45, 7) is 0. The Kier molecular flexibility index (Phi) is 2.96. The van der Waals surface area contributed by atoms with E-state index >= 15 is 0 Å². The minimum absolute atomic E-state index is 0.341. The quantitative estimate of drug-likeness (QED) is 0.747. The van der Waals surface area contributed by atoms with Crippen LogP contribution in [0.4, 0.5) is 0 Å². The van der Waals surface area contributed by atoms with Gasteiger partial charge in [0.15, 0.2) is 5.12 Å². The maximum atomic E-state index is 11.0. The predicted octanol–water partition coefficient (Wildman–Crippen LogP) is 2.81. The highest BCUT2D eigenvalue weighted by molar-refractivity contribution is 8.15. The molecule has 0 amide bonds. The molecular formula is C10H10OS2. The Labute approximate surface area is 86.3 Å². The van der Waals surface area contributed by atoms with Crippen LogP contribution in [-0.4, -0.2) is 16.1 Å². The maximum absolute atomic E-state index is 11.0. The highest BCUT2D eigenvalue weighted by Crippen LogP contribution is 2.33. The molecule has 0 radical (unpaired) electrons. The van der Waals surface area contributed by atoms with Gasteiger partial charge in [0.25, 0.3) is 0 Å². The van der Waals surface area contributed by atoms with Crippen molar-refractivity contribution in [2.45, 2.75) is 16.6 Å². The molecule has 1 heterocycles. The standard InChI is InChI=1S/C10H10OS2/c11-10-6-9(7-12-10)13-8-4-2-1-3-5-8/h1-5,9H,6-7H2. The van der Waals surface area contributed by atoms with Gasteiger partial charge in [0.1, 0.15) is 0 Å². The molecule has 1 saturated heterocycles. The van der Waals surface area contributed by atoms with E-state index < -0.39 is 0 Å². The summed E-state index contributed by atoms with van der Waals surface area (Å²) >= 11 is 3.28. The van der Waals surface area contributed by atoms with Crippen molar-refractivity contribution >= 4 is 28.6 Å². The molecule has 3 heteroatoms. The Bertz CT molecular complexity index is 297. The van der Waals surface area contributed by atoms with Gasteiger partial charge in [-0.3, -0.25) is 4.79 Å². The number of carbonyl (C=O) groups excluding carboxylic acids is 1. The Morgan fingerprint density at radius 2 is 2.08 bits per heavy atom. The predicted molar refractivity (Wildman–Crippen MR) is 58.2 cm³/mol. The molecule has 0 spiro atoms. The normalized spacial score (nSPS) is 22.2. The first-order chi connectivity index (χ1) is 6.34. The molecule has 0 bridgehead atoms. The van der Waals surface area contributed by atoms with E-state index in [9.17, 15) is 4.79 Å². The van der Waals surface area contributed by atoms with Crippen molar-refractivity contribution < 1.29 is 4.79 Å². The molecule has 1 aliphatic heterocycles. The highest BCUT2D eigenvalue weighted by Gasteiger charge is 2.23. The molecular weight excluding hydrogens is 200 g/mol. The van der Waals surface area contributed by atoms with Crippen molar-refractivity contribution in [3.8, 4) is 0 Å². The maximum Gasteiger partial charge on any atom is 0.190 e. The summed E-state index contributed by atoms with van der Waals surface area (Å²) in [6, 6.07) is 10.3. The van der Waals surface area contributed by atoms with Crippen LogP contribution in [0, 0.1) is 0 Å². The fraction of sp³-hybridized carbons (Fsp3) is 0.300. The smallest absolute Gasteiger partial charge is 0.190 e. The first kappa shape index (κ1) is 9.16. The lowest BCUT2D eigenvalue weighted by molar-refractivity contribution is -0.110. The van der Waals surface area contributed by atoms with Crippen molar-refractivity contribution in [1.29, 1.82) is 0 Å². The van der Waals surface area contributed by atoms with Gasteiger partial charge in [-0.05, 0) is 12.1 Å². The number of rotatable bonds is 2. The average Bonchev–Trinajstić information content (AvgIpc) is 2.53. The molecule has 1 atom stereocenters. The fourth-order valence-electron chi connectivity index (χ4n) is 1.26. The summed E-state index contributed by atoms with van der Waals surface area (Å²) in [4.78, 5) is 12.3. The largest absolute Gasteiger partial charge is 0.287 e. The summed E-state index contributed by atoms with van der Waals surface area (Å²) in [5.41, 5.74) is 0. The first-order valence-electron chi connectivity index (χ1n) is 4.22. The van der Waals surface area contributed by atoms with Gasteiger partial charge in [-0.1, -0.05) is 30.0 Å². The van der Waals surface area contributed by atoms with Crippen LogP contribution in [0.25, 0.3) is 0 Å². The van der Waals surface area contributed by atoms with Crippen LogP contribution >= 0.6 is 23.5 Å². The van der Waals surface area contributed by atoms with Gasteiger partial charge >= 0.3 is 0 Å². The minimum atomic E-state index is 0.341. The van der Waals surface area contributed by atoms with Gasteiger partial charge in [0.05, 0.1) is 0 Å². The van der Waals surface area contributed by atoms with Gasteiger partial charge in [-0.25, -0.2) is 0 Å². The fourth-order valence-corrected chi connectivity index (χ4v) is 3.58. The zero-order valence-corrected chi connectivity index (χ0v) is 8.74. The second kappa shape index (κ2) is 4.20. The summed E-state index contributed by atoms with van der Waals surface area (Å²) in [5.74, 6) is 0.971. The van der Waals surface area contributed by atoms with Crippen LogP contribution in [0.15, 0.2) is 35.2 Å². The third-order valence-electron chi connectivity index (χ3n) is 1.87. The Morgan fingerprint density at radius 3 is 2.69 bits per heavy atom. The summed E-state index contributed by atoms with van der Waals surface area (Å²) in [6.07, 6.45) is 0.726. The van der Waals surface area contributed by atoms with Crippen molar-refractivity contribution in [1.82, 2.24) is 0 Å². The van der Waals surface area contributed by atoms with E-state index in [2.05, 4.69) is 12.1 Å². The summed E-state index contributed by atoms with van der Waals surface area (Å²) < 4.78 is 0. The average molecular weight is 210 g/mol. The lowest BCUT2D eigenvalue weighted by atomic mass is 10.4. The molecule has 0 aliphatic carbocycles. The van der Waals surface area contributed by atoms with Crippen LogP contribution in [0.2, 0.25) is 0 Å². The Morgan fingerprint density at radius 1 is 1.31 bits per heavy atom. The van der Waals surface area contributed by atoms with Crippen molar-refractivity contribution in [3.05, 3.63) is 30.3 Å². The van der Waals surface area contributed by atoms with Crippen molar-refractivity contribution in [3.63, 3.8) is 0 Å². The van der Waals surface area contributed by atoms with Crippen LogP contribution in [0.3, 0.4) is 0 Å². The van der Waals surface area contributed by atoms with E-state index in [0.29, 0.717) is 10.4 Å². The second-order valence-corrected chi connectivity index (χ2v) is 5.39. The van der Waals surface area contributed by atoms with Crippen LogP contribution in [-0.2, 0) is 4.79 Å². The number of benzene rings is 1. The van der Waals surface area contributed by atoms with E-state index in [1.807, 2.05) is 30.0 Å². The monoisotopic (exact) mass is 210 g/mol. The third kappa shape index (κ3) is 2.51. The van der Waals surface area contributed by atoms with E-state index in [0.717, 1.165) is 12.2 Å². The van der Waals surface area contributed by atoms with Gasteiger partial charge in [-0.15, -0.1) is 11.8 Å². The number of hydrogen-bond donors (Lipinski definition) is 0. The molecule has 1 fully saturated rings. The van der Waals surface area contributed by atoms with Gasteiger partial charge in [0, 0.05) is 22.3 Å². The van der Waals surface area contributed by atoms with Crippen LogP contribution in [0.1, 0.15) is 6.42 Å². The lowest BCUT2D eigenvalue weighted by Gasteiger charge is -2.05. The van der Waals surface area contributed by atoms with Gasteiger partial charge < -0.3 is 0 Å². The number of hydrogen-bond acceptors (Lipinski definition) is 3. The van der Waals surface area contributed by atoms with E-state index in [-0.39, 0.29) is 0 Å². The zero-order chi connectivity index (χ0) is 9.10. The second-order valence-electron chi connectivity index (χ2n) is 2.94. The Hall–Kier alpha value is -0.410. The van der Waals surface area contributed by atoms with Gasteiger partial charge in [0.2, 0.25) is 0 Å². The molecule has 1 aromatic rings. The molecule has 0 aromatic heterocycles. The first-order valence-corrected chi connectivity index (χ1v) is 6.08. The molecule has 2 rings (SSSR count). The van der Waals surface area contributed by atoms with Crippen molar-refractivity contribution in [2.24, 2.45) is 0 Å². The molecule has 1 aliphatic rings. The van der Waals surface area contributed by atoms with Crippen LogP contribution < -0.4 is 0 Å². The molecule has 0 N–H and O–H groups in total. The molecule has 1 nitrogen and oxygen atoms in total. The molecule has 13 heavy (non-hydrogen) atoms. The molecule has 0 saturated carbocycles. The third-order valence-corrected chi connectivity index (χ3v) is 4.35. The Balaban J connectivity index is 1.96. The van der Waals surface area contributed by atoms with Crippen LogP contribution in [0.5, 0.6) is 0 Å². The number of carbonyl (C=O) groups is 1. The topological polar surface area (TPSA) is 17.1 Å². The summed E-state index contributed by atoms with van der Waals surface area (Å²) in [7, 11) is 0. The highest BCUT2D eigenvalue weighted by atomic mass is 32.2. The lowest BCUT2D eigenvalue weighted by Crippen LogP contribution is -1.99. The van der Waals surface area contributed by atoms with E-state index in [4.69, 9.17) is 0 Å². The summed E-state index contributed by atoms with van der Waals surface area (Å²) in [5, 5.41) is 0.827. The molecule has 68 valence electrons. The van der Waals surface area contributed by atoms with E-state index in [1.54, 1.807) is 0 Å².